The van der Waals surface area contributed by atoms with Gasteiger partial charge in [0, 0.05) is 36.4 Å². The molecule has 0 amide bonds. The van der Waals surface area contributed by atoms with E-state index in [-0.39, 0.29) is 58.0 Å². The van der Waals surface area contributed by atoms with E-state index in [9.17, 15) is 14.7 Å². The number of hydrogen-bond acceptors (Lipinski definition) is 7. The number of hydrogen-bond donors (Lipinski definition) is 0. The number of methoxy groups -OCH3 is 1. The number of aromatic nitrogens is 2. The minimum Gasteiger partial charge on any atom is -0.550 e. The van der Waals surface area contributed by atoms with E-state index in [1.807, 2.05) is 53.4 Å². The molecule has 1 aromatic heterocycles. The number of halogens is 2. The van der Waals surface area contributed by atoms with Crippen LogP contribution in [0.4, 0.5) is 11.6 Å². The topological polar surface area (TPSA) is 95.5 Å². The third-order valence-electron chi connectivity index (χ3n) is 6.24. The third kappa shape index (κ3) is 8.89. The summed E-state index contributed by atoms with van der Waals surface area (Å²) in [5, 5.41) is 12.1. The number of rotatable bonds is 12. The van der Waals surface area contributed by atoms with Crippen LogP contribution in [-0.4, -0.2) is 28.8 Å². The summed E-state index contributed by atoms with van der Waals surface area (Å²) < 4.78 is 5.26. The molecule has 4 rings (SSSR count). The van der Waals surface area contributed by atoms with Crippen molar-refractivity contribution < 1.29 is 49.0 Å². The number of aliphatic carboxylic acids is 1. The molecule has 3 aromatic carbocycles. The summed E-state index contributed by atoms with van der Waals surface area (Å²) in [6.45, 7) is 0.542. The molecule has 7 nitrogen and oxygen atoms in total. The summed E-state index contributed by atoms with van der Waals surface area (Å²) in [6, 6.07) is 22.0. The van der Waals surface area contributed by atoms with E-state index in [1.54, 1.807) is 55.9 Å². The van der Waals surface area contributed by atoms with Gasteiger partial charge in [0.1, 0.15) is 5.75 Å². The molecule has 1 atom stereocenters. The molecule has 1 heterocycles. The van der Waals surface area contributed by atoms with Gasteiger partial charge in [-0.2, -0.15) is 0 Å². The number of carbonyl (C=O) groups excluding carboxylic acids is 2. The maximum Gasteiger partial charge on any atom is 1.00 e. The molecule has 41 heavy (non-hydrogen) atoms. The van der Waals surface area contributed by atoms with Gasteiger partial charge in [-0.3, -0.25) is 4.79 Å². The number of carbonyl (C=O) groups is 2. The summed E-state index contributed by atoms with van der Waals surface area (Å²) in [5.74, 6) is -1.44. The number of benzene rings is 3. The Morgan fingerprint density at radius 1 is 0.951 bits per heavy atom. The number of nitrogens with zero attached hydrogens (tertiary/aromatic N) is 3. The Kier molecular flexibility index (Phi) is 12.4. The van der Waals surface area contributed by atoms with Crippen LogP contribution >= 0.6 is 23.2 Å². The van der Waals surface area contributed by atoms with Crippen molar-refractivity contribution in [2.24, 2.45) is 5.92 Å². The molecule has 0 saturated heterocycles. The molecule has 0 radical (unpaired) electrons. The van der Waals surface area contributed by atoms with Crippen LogP contribution in [0.1, 0.15) is 34.3 Å². The van der Waals surface area contributed by atoms with Crippen molar-refractivity contribution in [1.82, 2.24) is 9.97 Å². The fourth-order valence-corrected chi connectivity index (χ4v) is 4.72. The Balaban J connectivity index is 0.00000462. The fraction of sp³-hybridized carbons (Fsp3) is 0.161. The largest absolute Gasteiger partial charge is 1.00 e. The Bertz CT molecular complexity index is 1460. The van der Waals surface area contributed by atoms with Gasteiger partial charge in [-0.25, -0.2) is 9.97 Å². The molecule has 0 aliphatic carbocycles. The van der Waals surface area contributed by atoms with Gasteiger partial charge in [0.2, 0.25) is 5.95 Å². The van der Waals surface area contributed by atoms with Crippen LogP contribution in [0.3, 0.4) is 0 Å². The molecule has 1 unspecified atom stereocenters. The number of ketones is 1. The monoisotopic (exact) mass is 597 g/mol. The van der Waals surface area contributed by atoms with Crippen LogP contribution in [-0.2, 0) is 11.3 Å². The molecule has 0 N–H and O–H groups in total. The van der Waals surface area contributed by atoms with Gasteiger partial charge in [0.15, 0.2) is 5.78 Å². The summed E-state index contributed by atoms with van der Waals surface area (Å²) in [5.41, 5.74) is 2.92. The molecule has 0 bridgehead atoms. The number of anilines is 2. The minimum atomic E-state index is -1.31. The first-order valence-electron chi connectivity index (χ1n) is 12.5. The average molecular weight is 598 g/mol. The SMILES string of the molecule is COc1ccc(CN(c2ccc(/C=C/CC(CC(=O)c3c(Cl)cccc3Cl)C(=O)[O-])cc2)c2ncccn2)cc1.[Na+]. The van der Waals surface area contributed by atoms with E-state index < -0.39 is 17.7 Å². The second-order valence-electron chi connectivity index (χ2n) is 8.95. The number of allylic oxidation sites excluding steroid dienone is 1. The van der Waals surface area contributed by atoms with Gasteiger partial charge in [-0.05, 0) is 60.0 Å². The Hall–Kier alpha value is -3.20. The average Bonchev–Trinajstić information content (AvgIpc) is 2.96. The van der Waals surface area contributed by atoms with Crippen molar-refractivity contribution in [2.45, 2.75) is 19.4 Å². The van der Waals surface area contributed by atoms with Gasteiger partial charge in [-0.1, -0.05) is 65.7 Å². The van der Waals surface area contributed by atoms with E-state index in [4.69, 9.17) is 27.9 Å². The van der Waals surface area contributed by atoms with Crippen LogP contribution in [0.2, 0.25) is 10.0 Å². The zero-order valence-electron chi connectivity index (χ0n) is 22.7. The van der Waals surface area contributed by atoms with E-state index in [2.05, 4.69) is 9.97 Å². The van der Waals surface area contributed by atoms with Crippen molar-refractivity contribution >= 4 is 52.7 Å². The summed E-state index contributed by atoms with van der Waals surface area (Å²) in [6.07, 6.45) is 6.74. The molecule has 10 heteroatoms. The van der Waals surface area contributed by atoms with E-state index in [0.29, 0.717) is 12.5 Å². The first-order valence-corrected chi connectivity index (χ1v) is 13.2. The molecule has 0 spiro atoms. The second-order valence-corrected chi connectivity index (χ2v) is 9.77. The molecule has 0 aliphatic heterocycles. The number of carboxylic acids is 1. The summed E-state index contributed by atoms with van der Waals surface area (Å²) in [7, 11) is 1.63. The van der Waals surface area contributed by atoms with Crippen molar-refractivity contribution in [3.8, 4) is 5.75 Å². The smallest absolute Gasteiger partial charge is 0.550 e. The van der Waals surface area contributed by atoms with Crippen molar-refractivity contribution in [3.63, 3.8) is 0 Å². The minimum absolute atomic E-state index is 0. The van der Waals surface area contributed by atoms with Gasteiger partial charge >= 0.3 is 29.6 Å². The molecule has 204 valence electrons. The standard InChI is InChI=1S/C31H27Cl2N3O4.Na/c1-40-25-15-11-22(12-16-25)20-36(31-34-17-4-18-35-31)24-13-9-21(10-14-24)5-2-6-23(30(38)39)19-28(37)29-26(32)7-3-8-27(29)33;/h2-5,7-18,23H,6,19-20H2,1H3,(H,38,39);/q;+1/p-1/b5-2+;. The predicted octanol–water partition coefficient (Wildman–Crippen LogP) is 3.18. The van der Waals surface area contributed by atoms with Crippen molar-refractivity contribution in [3.05, 3.63) is 118 Å². The quantitative estimate of drug-likeness (QED) is 0.183. The molecular weight excluding hydrogens is 572 g/mol. The first-order chi connectivity index (χ1) is 19.4. The van der Waals surface area contributed by atoms with E-state index in [0.717, 1.165) is 22.6 Å². The Morgan fingerprint density at radius 3 is 2.17 bits per heavy atom. The van der Waals surface area contributed by atoms with Gasteiger partial charge in [-0.15, -0.1) is 0 Å². The van der Waals surface area contributed by atoms with Gasteiger partial charge in [0.25, 0.3) is 0 Å². The molecule has 0 aliphatic rings. The Labute approximate surface area is 271 Å². The maximum atomic E-state index is 12.7. The number of ether oxygens (including phenoxy) is 1. The zero-order chi connectivity index (χ0) is 28.5. The van der Waals surface area contributed by atoms with Crippen molar-refractivity contribution in [2.75, 3.05) is 12.0 Å². The third-order valence-corrected chi connectivity index (χ3v) is 6.87. The predicted molar refractivity (Wildman–Crippen MR) is 155 cm³/mol. The maximum absolute atomic E-state index is 12.7. The van der Waals surface area contributed by atoms with Crippen LogP contribution in [0, 0.1) is 5.92 Å². The number of carboxylic acid groups (broad SMARTS) is 1. The molecule has 0 fully saturated rings. The molecular formula is C31H26Cl2N3NaO4. The summed E-state index contributed by atoms with van der Waals surface area (Å²) >= 11 is 12.2. The van der Waals surface area contributed by atoms with E-state index in [1.165, 1.54) is 0 Å². The molecule has 0 saturated carbocycles. The second kappa shape index (κ2) is 15.7. The Morgan fingerprint density at radius 2 is 1.59 bits per heavy atom. The number of Topliss-reactive ketones (excluding diaryl/α,β-unsaturated/α-hetero) is 1. The first kappa shape index (κ1) is 32.3. The van der Waals surface area contributed by atoms with Crippen LogP contribution < -0.4 is 44.3 Å². The van der Waals surface area contributed by atoms with Crippen molar-refractivity contribution in [1.29, 1.82) is 0 Å². The normalized spacial score (nSPS) is 11.5. The van der Waals surface area contributed by atoms with Gasteiger partial charge < -0.3 is 19.5 Å². The van der Waals surface area contributed by atoms with Crippen LogP contribution in [0.25, 0.3) is 6.08 Å². The summed E-state index contributed by atoms with van der Waals surface area (Å²) in [4.78, 5) is 35.3. The van der Waals surface area contributed by atoms with E-state index >= 15 is 0 Å². The zero-order valence-corrected chi connectivity index (χ0v) is 26.2. The molecule has 4 aromatic rings. The van der Waals surface area contributed by atoms with Crippen LogP contribution in [0.5, 0.6) is 5.75 Å². The van der Waals surface area contributed by atoms with Gasteiger partial charge in [0.05, 0.1) is 29.3 Å². The fourth-order valence-electron chi connectivity index (χ4n) is 4.11. The van der Waals surface area contributed by atoms with Crippen LogP contribution in [0.15, 0.2) is 91.3 Å².